The van der Waals surface area contributed by atoms with E-state index < -0.39 is 18.9 Å². The number of furan rings is 1. The number of rotatable bonds is 4. The fraction of sp³-hybridized carbons (Fsp3) is 0.545. The first-order valence-corrected chi connectivity index (χ1v) is 5.97. The summed E-state index contributed by atoms with van der Waals surface area (Å²) in [4.78, 5) is 13.1. The van der Waals surface area contributed by atoms with E-state index in [9.17, 15) is 13.6 Å². The Balaban J connectivity index is 2.95. The molecule has 0 saturated carbocycles. The highest BCUT2D eigenvalue weighted by molar-refractivity contribution is 9.10. The van der Waals surface area contributed by atoms with E-state index in [1.54, 1.807) is 26.8 Å². The minimum absolute atomic E-state index is 0.103. The molecule has 0 atom stereocenters. The molecule has 1 amide bonds. The Hall–Kier alpha value is -0.910. The van der Waals surface area contributed by atoms with E-state index in [0.717, 1.165) is 4.90 Å². The SMILES string of the molecule is Cc1cc(Br)oc1C(=O)N(CC(F)F)C(C)C. The lowest BCUT2D eigenvalue weighted by atomic mass is 10.2. The Bertz CT molecular complexity index is 404. The minimum Gasteiger partial charge on any atom is -0.444 e. The Morgan fingerprint density at radius 3 is 2.47 bits per heavy atom. The van der Waals surface area contributed by atoms with Gasteiger partial charge in [0, 0.05) is 11.6 Å². The lowest BCUT2D eigenvalue weighted by Crippen LogP contribution is -2.40. The molecule has 0 aliphatic rings. The molecule has 0 aromatic carbocycles. The van der Waals surface area contributed by atoms with E-state index in [1.165, 1.54) is 0 Å². The number of carbonyl (C=O) groups excluding carboxylic acids is 1. The van der Waals surface area contributed by atoms with Crippen LogP contribution in [0.1, 0.15) is 30.0 Å². The fourth-order valence-electron chi connectivity index (χ4n) is 1.46. The molecule has 0 fully saturated rings. The van der Waals surface area contributed by atoms with E-state index in [2.05, 4.69) is 15.9 Å². The summed E-state index contributed by atoms with van der Waals surface area (Å²) in [5.74, 6) is -0.408. The summed E-state index contributed by atoms with van der Waals surface area (Å²) in [6.07, 6.45) is -2.56. The second-order valence-electron chi connectivity index (χ2n) is 4.00. The smallest absolute Gasteiger partial charge is 0.290 e. The third kappa shape index (κ3) is 3.52. The van der Waals surface area contributed by atoms with Crippen molar-refractivity contribution in [2.75, 3.05) is 6.54 Å². The number of hydrogen-bond donors (Lipinski definition) is 0. The highest BCUT2D eigenvalue weighted by Crippen LogP contribution is 2.22. The van der Waals surface area contributed by atoms with Gasteiger partial charge in [-0.15, -0.1) is 0 Å². The van der Waals surface area contributed by atoms with Crippen molar-refractivity contribution in [2.45, 2.75) is 33.2 Å². The van der Waals surface area contributed by atoms with Crippen molar-refractivity contribution in [1.82, 2.24) is 4.90 Å². The monoisotopic (exact) mass is 309 g/mol. The van der Waals surface area contributed by atoms with Crippen LogP contribution < -0.4 is 0 Å². The molecule has 1 aromatic heterocycles. The second-order valence-corrected chi connectivity index (χ2v) is 4.79. The number of nitrogens with zero attached hydrogens (tertiary/aromatic N) is 1. The molecule has 0 spiro atoms. The maximum Gasteiger partial charge on any atom is 0.290 e. The minimum atomic E-state index is -2.56. The molecular formula is C11H14BrF2NO2. The third-order valence-corrected chi connectivity index (χ3v) is 2.69. The predicted octanol–water partition coefficient (Wildman–Crippen LogP) is 3.47. The molecule has 1 heterocycles. The van der Waals surface area contributed by atoms with Crippen molar-refractivity contribution in [1.29, 1.82) is 0 Å². The van der Waals surface area contributed by atoms with Crippen molar-refractivity contribution in [3.05, 3.63) is 22.1 Å². The second kappa shape index (κ2) is 5.62. The van der Waals surface area contributed by atoms with Gasteiger partial charge in [0.1, 0.15) is 0 Å². The largest absolute Gasteiger partial charge is 0.444 e. The van der Waals surface area contributed by atoms with Gasteiger partial charge in [0.2, 0.25) is 0 Å². The number of amides is 1. The van der Waals surface area contributed by atoms with Gasteiger partial charge in [-0.25, -0.2) is 8.78 Å². The summed E-state index contributed by atoms with van der Waals surface area (Å²) in [6.45, 7) is 4.48. The molecule has 0 aliphatic carbocycles. The summed E-state index contributed by atoms with van der Waals surface area (Å²) < 4.78 is 30.4. The average Bonchev–Trinajstić information content (AvgIpc) is 2.52. The van der Waals surface area contributed by atoms with Crippen LogP contribution in [-0.2, 0) is 0 Å². The third-order valence-electron chi connectivity index (χ3n) is 2.30. The number of aryl methyl sites for hydroxylation is 1. The summed E-state index contributed by atoms with van der Waals surface area (Å²) in [5, 5.41) is 0. The van der Waals surface area contributed by atoms with E-state index in [-0.39, 0.29) is 11.8 Å². The molecule has 0 unspecified atom stereocenters. The molecule has 17 heavy (non-hydrogen) atoms. The van der Waals surface area contributed by atoms with Crippen LogP contribution in [0.2, 0.25) is 0 Å². The van der Waals surface area contributed by atoms with Crippen molar-refractivity contribution < 1.29 is 18.0 Å². The highest BCUT2D eigenvalue weighted by atomic mass is 79.9. The quantitative estimate of drug-likeness (QED) is 0.853. The maximum atomic E-state index is 12.4. The molecule has 0 saturated heterocycles. The Morgan fingerprint density at radius 2 is 2.12 bits per heavy atom. The van der Waals surface area contributed by atoms with Gasteiger partial charge in [-0.05, 0) is 42.8 Å². The summed E-state index contributed by atoms with van der Waals surface area (Å²) in [6, 6.07) is 1.33. The first-order valence-electron chi connectivity index (χ1n) is 5.18. The van der Waals surface area contributed by atoms with Gasteiger partial charge in [0.25, 0.3) is 12.3 Å². The van der Waals surface area contributed by atoms with Gasteiger partial charge >= 0.3 is 0 Å². The number of halogens is 3. The van der Waals surface area contributed by atoms with Crippen LogP contribution in [0.25, 0.3) is 0 Å². The Labute approximate surface area is 107 Å². The van der Waals surface area contributed by atoms with Crippen LogP contribution in [0.5, 0.6) is 0 Å². The zero-order valence-electron chi connectivity index (χ0n) is 9.84. The van der Waals surface area contributed by atoms with Gasteiger partial charge in [0.15, 0.2) is 10.4 Å². The zero-order chi connectivity index (χ0) is 13.2. The molecule has 96 valence electrons. The average molecular weight is 310 g/mol. The number of carbonyl (C=O) groups is 1. The van der Waals surface area contributed by atoms with Crippen molar-refractivity contribution in [3.63, 3.8) is 0 Å². The molecular weight excluding hydrogens is 296 g/mol. The summed E-state index contributed by atoms with van der Waals surface area (Å²) in [5.41, 5.74) is 0.627. The summed E-state index contributed by atoms with van der Waals surface area (Å²) in [7, 11) is 0. The lowest BCUT2D eigenvalue weighted by Gasteiger charge is -2.25. The summed E-state index contributed by atoms with van der Waals surface area (Å²) >= 11 is 3.10. The van der Waals surface area contributed by atoms with Gasteiger partial charge in [-0.1, -0.05) is 0 Å². The lowest BCUT2D eigenvalue weighted by molar-refractivity contribution is 0.0448. The van der Waals surface area contributed by atoms with Crippen LogP contribution in [0, 0.1) is 6.92 Å². The van der Waals surface area contributed by atoms with E-state index in [0.29, 0.717) is 10.2 Å². The molecule has 0 bridgehead atoms. The molecule has 3 nitrogen and oxygen atoms in total. The molecule has 6 heteroatoms. The van der Waals surface area contributed by atoms with Gasteiger partial charge < -0.3 is 9.32 Å². The van der Waals surface area contributed by atoms with Gasteiger partial charge in [-0.3, -0.25) is 4.79 Å². The normalized spacial score (nSPS) is 11.3. The van der Waals surface area contributed by atoms with Crippen LogP contribution >= 0.6 is 15.9 Å². The Morgan fingerprint density at radius 1 is 1.53 bits per heavy atom. The van der Waals surface area contributed by atoms with Crippen molar-refractivity contribution in [3.8, 4) is 0 Å². The van der Waals surface area contributed by atoms with Crippen LogP contribution in [0.3, 0.4) is 0 Å². The highest BCUT2D eigenvalue weighted by Gasteiger charge is 2.26. The van der Waals surface area contributed by atoms with Gasteiger partial charge in [-0.2, -0.15) is 0 Å². The fourth-order valence-corrected chi connectivity index (χ4v) is 1.97. The van der Waals surface area contributed by atoms with E-state index in [4.69, 9.17) is 4.42 Å². The molecule has 0 aliphatic heterocycles. The first kappa shape index (κ1) is 14.2. The molecule has 1 aromatic rings. The standard InChI is InChI=1S/C11H14BrF2NO2/c1-6(2)15(5-9(13)14)11(16)10-7(3)4-8(12)17-10/h4,6,9H,5H2,1-3H3. The zero-order valence-corrected chi connectivity index (χ0v) is 11.4. The molecule has 0 N–H and O–H groups in total. The van der Waals surface area contributed by atoms with Crippen molar-refractivity contribution >= 4 is 21.8 Å². The van der Waals surface area contributed by atoms with Crippen molar-refractivity contribution in [2.24, 2.45) is 0 Å². The number of hydrogen-bond acceptors (Lipinski definition) is 2. The van der Waals surface area contributed by atoms with Crippen LogP contribution in [-0.4, -0.2) is 29.8 Å². The first-order chi connectivity index (χ1) is 7.82. The van der Waals surface area contributed by atoms with E-state index >= 15 is 0 Å². The topological polar surface area (TPSA) is 33.5 Å². The maximum absolute atomic E-state index is 12.4. The predicted molar refractivity (Wildman–Crippen MR) is 63.3 cm³/mol. The molecule has 0 radical (unpaired) electrons. The van der Waals surface area contributed by atoms with Crippen LogP contribution in [0.4, 0.5) is 8.78 Å². The number of alkyl halides is 2. The van der Waals surface area contributed by atoms with E-state index in [1.807, 2.05) is 0 Å². The van der Waals surface area contributed by atoms with Gasteiger partial charge in [0.05, 0.1) is 6.54 Å². The van der Waals surface area contributed by atoms with Crippen LogP contribution in [0.15, 0.2) is 15.2 Å². The molecule has 1 rings (SSSR count). The Kier molecular flexibility index (Phi) is 4.68.